The van der Waals surface area contributed by atoms with Gasteiger partial charge in [-0.05, 0) is 36.2 Å². The van der Waals surface area contributed by atoms with Gasteiger partial charge in [-0.15, -0.1) is 11.3 Å². The molecule has 1 heterocycles. The van der Waals surface area contributed by atoms with E-state index in [1.165, 1.54) is 30.6 Å². The van der Waals surface area contributed by atoms with Crippen LogP contribution in [0.5, 0.6) is 0 Å². The van der Waals surface area contributed by atoms with E-state index in [4.69, 9.17) is 0 Å². The van der Waals surface area contributed by atoms with E-state index < -0.39 is 5.97 Å². The number of esters is 1. The molecule has 0 saturated carbocycles. The van der Waals surface area contributed by atoms with Crippen LogP contribution in [-0.2, 0) is 9.53 Å². The van der Waals surface area contributed by atoms with Gasteiger partial charge < -0.3 is 10.1 Å². The number of carbonyl (C=O) groups is 2. The van der Waals surface area contributed by atoms with E-state index in [1.54, 1.807) is 18.2 Å². The third-order valence-corrected chi connectivity index (χ3v) is 3.97. The Bertz CT molecular complexity index is 664. The van der Waals surface area contributed by atoms with Gasteiger partial charge in [0.1, 0.15) is 12.4 Å². The first-order chi connectivity index (χ1) is 10.0. The summed E-state index contributed by atoms with van der Waals surface area (Å²) in [6.45, 7) is 1.72. The van der Waals surface area contributed by atoms with Crippen molar-refractivity contribution < 1.29 is 18.7 Å². The minimum Gasteiger partial charge on any atom is -0.468 e. The molecule has 21 heavy (non-hydrogen) atoms. The first-order valence-electron chi connectivity index (χ1n) is 6.22. The predicted octanol–water partition coefficient (Wildman–Crippen LogP) is 2.77. The molecule has 0 fully saturated rings. The number of amides is 1. The van der Waals surface area contributed by atoms with Crippen molar-refractivity contribution in [3.8, 4) is 11.1 Å². The van der Waals surface area contributed by atoms with Gasteiger partial charge >= 0.3 is 5.97 Å². The number of methoxy groups -OCH3 is 1. The molecule has 1 aromatic carbocycles. The predicted molar refractivity (Wildman–Crippen MR) is 78.8 cm³/mol. The number of ether oxygens (including phenoxy) is 1. The third kappa shape index (κ3) is 3.66. The first kappa shape index (κ1) is 15.2. The summed E-state index contributed by atoms with van der Waals surface area (Å²) in [6.07, 6.45) is 0. The van der Waals surface area contributed by atoms with Gasteiger partial charge in [-0.1, -0.05) is 12.1 Å². The zero-order chi connectivity index (χ0) is 15.4. The average molecular weight is 307 g/mol. The molecule has 0 saturated heterocycles. The number of hydrogen-bond acceptors (Lipinski definition) is 4. The molecule has 1 aromatic heterocycles. The molecule has 2 rings (SSSR count). The highest BCUT2D eigenvalue weighted by Crippen LogP contribution is 2.31. The number of rotatable bonds is 4. The lowest BCUT2D eigenvalue weighted by atomic mass is 10.1. The summed E-state index contributed by atoms with van der Waals surface area (Å²) in [7, 11) is 1.26. The van der Waals surface area contributed by atoms with Crippen LogP contribution < -0.4 is 5.32 Å². The zero-order valence-corrected chi connectivity index (χ0v) is 12.4. The average Bonchev–Trinajstić information content (AvgIpc) is 2.87. The van der Waals surface area contributed by atoms with Gasteiger partial charge in [0.2, 0.25) is 0 Å². The molecule has 0 spiro atoms. The number of aryl methyl sites for hydroxylation is 1. The van der Waals surface area contributed by atoms with Crippen molar-refractivity contribution in [2.24, 2.45) is 0 Å². The van der Waals surface area contributed by atoms with Crippen molar-refractivity contribution in [3.05, 3.63) is 45.9 Å². The first-order valence-corrected chi connectivity index (χ1v) is 7.04. The molecule has 6 heteroatoms. The molecule has 1 amide bonds. The fourth-order valence-corrected chi connectivity index (χ4v) is 2.78. The Kier molecular flexibility index (Phi) is 4.70. The highest BCUT2D eigenvalue weighted by molar-refractivity contribution is 7.14. The maximum Gasteiger partial charge on any atom is 0.325 e. The third-order valence-electron chi connectivity index (χ3n) is 2.92. The lowest BCUT2D eigenvalue weighted by Gasteiger charge is -2.01. The van der Waals surface area contributed by atoms with Crippen molar-refractivity contribution in [3.63, 3.8) is 0 Å². The van der Waals surface area contributed by atoms with E-state index in [9.17, 15) is 14.0 Å². The summed E-state index contributed by atoms with van der Waals surface area (Å²) >= 11 is 1.32. The molecule has 0 atom stereocenters. The van der Waals surface area contributed by atoms with Crippen molar-refractivity contribution in [1.82, 2.24) is 5.32 Å². The summed E-state index contributed by atoms with van der Waals surface area (Å²) < 4.78 is 17.4. The van der Waals surface area contributed by atoms with Crippen LogP contribution in [0.15, 0.2) is 30.3 Å². The fourth-order valence-electron chi connectivity index (χ4n) is 1.82. The Morgan fingerprint density at radius 2 is 1.95 bits per heavy atom. The number of halogens is 1. The SMILES string of the molecule is COC(=O)CNC(=O)c1cc(-c2ccc(F)cc2)c(C)s1. The van der Waals surface area contributed by atoms with Crippen LogP contribution in [0.2, 0.25) is 0 Å². The molecule has 0 aliphatic carbocycles. The van der Waals surface area contributed by atoms with E-state index in [1.807, 2.05) is 6.92 Å². The molecule has 4 nitrogen and oxygen atoms in total. The van der Waals surface area contributed by atoms with E-state index in [-0.39, 0.29) is 18.3 Å². The fraction of sp³-hybridized carbons (Fsp3) is 0.200. The van der Waals surface area contributed by atoms with Crippen molar-refractivity contribution >= 4 is 23.2 Å². The highest BCUT2D eigenvalue weighted by atomic mass is 32.1. The van der Waals surface area contributed by atoms with E-state index >= 15 is 0 Å². The Hall–Kier alpha value is -2.21. The topological polar surface area (TPSA) is 55.4 Å². The quantitative estimate of drug-likeness (QED) is 0.884. The second-order valence-electron chi connectivity index (χ2n) is 4.35. The molecule has 110 valence electrons. The van der Waals surface area contributed by atoms with Crippen molar-refractivity contribution in [2.75, 3.05) is 13.7 Å². The summed E-state index contributed by atoms with van der Waals surface area (Å²) in [4.78, 5) is 24.4. The molecule has 0 aliphatic heterocycles. The minimum absolute atomic E-state index is 0.168. The summed E-state index contributed by atoms with van der Waals surface area (Å²) in [5.41, 5.74) is 1.72. The van der Waals surface area contributed by atoms with Crippen LogP contribution >= 0.6 is 11.3 Å². The number of thiophene rings is 1. The van der Waals surface area contributed by atoms with Crippen molar-refractivity contribution in [2.45, 2.75) is 6.92 Å². The molecule has 1 N–H and O–H groups in total. The Labute approximate surface area is 125 Å². The molecule has 0 aliphatic rings. The van der Waals surface area contributed by atoms with Crippen LogP contribution in [0.4, 0.5) is 4.39 Å². The van der Waals surface area contributed by atoms with Gasteiger partial charge in [-0.2, -0.15) is 0 Å². The lowest BCUT2D eigenvalue weighted by Crippen LogP contribution is -2.29. The van der Waals surface area contributed by atoms with E-state index in [0.717, 1.165) is 16.0 Å². The lowest BCUT2D eigenvalue weighted by molar-refractivity contribution is -0.139. The maximum absolute atomic E-state index is 12.9. The standard InChI is InChI=1S/C15H14FNO3S/c1-9-12(10-3-5-11(16)6-4-10)7-13(21-9)15(19)17-8-14(18)20-2/h3-7H,8H2,1-2H3,(H,17,19). The van der Waals surface area contributed by atoms with Crippen LogP contribution in [0.3, 0.4) is 0 Å². The Morgan fingerprint density at radius 1 is 1.29 bits per heavy atom. The second-order valence-corrected chi connectivity index (χ2v) is 5.60. The normalized spacial score (nSPS) is 10.2. The Balaban J connectivity index is 2.17. The summed E-state index contributed by atoms with van der Waals surface area (Å²) in [6, 6.07) is 7.83. The van der Waals surface area contributed by atoms with Crippen LogP contribution in [0, 0.1) is 12.7 Å². The molecular formula is C15H14FNO3S. The number of carbonyl (C=O) groups excluding carboxylic acids is 2. The van der Waals surface area contributed by atoms with Crippen LogP contribution in [-0.4, -0.2) is 25.5 Å². The van der Waals surface area contributed by atoms with Gasteiger partial charge in [-0.25, -0.2) is 4.39 Å². The van der Waals surface area contributed by atoms with E-state index in [0.29, 0.717) is 4.88 Å². The molecular weight excluding hydrogens is 293 g/mol. The van der Waals surface area contributed by atoms with Crippen LogP contribution in [0.1, 0.15) is 14.5 Å². The Morgan fingerprint density at radius 3 is 2.57 bits per heavy atom. The van der Waals surface area contributed by atoms with Gasteiger partial charge in [0.05, 0.1) is 12.0 Å². The minimum atomic E-state index is -0.504. The van der Waals surface area contributed by atoms with Crippen LogP contribution in [0.25, 0.3) is 11.1 Å². The second kappa shape index (κ2) is 6.49. The van der Waals surface area contributed by atoms with Gasteiger partial charge in [-0.3, -0.25) is 9.59 Å². The number of nitrogens with one attached hydrogen (secondary N) is 1. The van der Waals surface area contributed by atoms with Gasteiger partial charge in [0, 0.05) is 4.88 Å². The molecule has 0 bridgehead atoms. The number of benzene rings is 1. The summed E-state index contributed by atoms with van der Waals surface area (Å²) in [5.74, 6) is -1.14. The number of hydrogen-bond donors (Lipinski definition) is 1. The maximum atomic E-state index is 12.9. The van der Waals surface area contributed by atoms with Gasteiger partial charge in [0.25, 0.3) is 5.91 Å². The van der Waals surface area contributed by atoms with Crippen molar-refractivity contribution in [1.29, 1.82) is 0 Å². The smallest absolute Gasteiger partial charge is 0.325 e. The highest BCUT2D eigenvalue weighted by Gasteiger charge is 2.14. The zero-order valence-electron chi connectivity index (χ0n) is 11.6. The molecule has 0 radical (unpaired) electrons. The summed E-state index contributed by atoms with van der Waals surface area (Å²) in [5, 5.41) is 2.49. The van der Waals surface area contributed by atoms with E-state index in [2.05, 4.69) is 10.1 Å². The monoisotopic (exact) mass is 307 g/mol. The van der Waals surface area contributed by atoms with Gasteiger partial charge in [0.15, 0.2) is 0 Å². The molecule has 0 unspecified atom stereocenters. The molecule has 2 aromatic rings. The largest absolute Gasteiger partial charge is 0.468 e.